The van der Waals surface area contributed by atoms with Gasteiger partial charge in [-0.25, -0.2) is 0 Å². The molecule has 3 rings (SSSR count). The quantitative estimate of drug-likeness (QED) is 0.912. The second kappa shape index (κ2) is 4.86. The minimum Gasteiger partial charge on any atom is -0.356 e. The number of carbonyl (C=O) groups is 2. The Morgan fingerprint density at radius 2 is 2.25 bits per heavy atom. The van der Waals surface area contributed by atoms with Crippen molar-refractivity contribution in [2.45, 2.75) is 44.3 Å². The monoisotopic (exact) mass is 293 g/mol. The topological polar surface area (TPSA) is 55.4 Å². The van der Waals surface area contributed by atoms with E-state index < -0.39 is 5.60 Å². The van der Waals surface area contributed by atoms with E-state index in [-0.39, 0.29) is 24.2 Å². The molecule has 0 bridgehead atoms. The van der Waals surface area contributed by atoms with Crippen LogP contribution in [-0.4, -0.2) is 17.8 Å². The van der Waals surface area contributed by atoms with Gasteiger partial charge in [0.15, 0.2) is 5.60 Å². The van der Waals surface area contributed by atoms with Gasteiger partial charge < -0.3 is 10.1 Å². The lowest BCUT2D eigenvalue weighted by Gasteiger charge is -2.36. The lowest BCUT2D eigenvalue weighted by molar-refractivity contribution is -0.170. The Hall–Kier alpha value is -1.39. The van der Waals surface area contributed by atoms with Crippen LogP contribution in [-0.2, 0) is 19.9 Å². The second-order valence-corrected chi connectivity index (χ2v) is 5.80. The van der Waals surface area contributed by atoms with Crippen molar-refractivity contribution in [3.05, 3.63) is 28.8 Å². The molecule has 0 unspecified atom stereocenters. The number of nitrogens with one attached hydrogen (secondary N) is 1. The second-order valence-electron chi connectivity index (χ2n) is 5.39. The van der Waals surface area contributed by atoms with Gasteiger partial charge in [0.05, 0.1) is 6.10 Å². The fraction of sp³-hybridized carbons (Fsp3) is 0.467. The van der Waals surface area contributed by atoms with E-state index in [9.17, 15) is 9.59 Å². The molecule has 1 N–H and O–H groups in total. The summed E-state index contributed by atoms with van der Waals surface area (Å²) in [6.07, 6.45) is 1.90. The molecule has 1 saturated heterocycles. The van der Waals surface area contributed by atoms with Crippen LogP contribution in [0.15, 0.2) is 18.2 Å². The average molecular weight is 294 g/mol. The smallest absolute Gasteiger partial charge is 0.261 e. The van der Waals surface area contributed by atoms with E-state index in [4.69, 9.17) is 16.3 Å². The van der Waals surface area contributed by atoms with E-state index in [1.807, 2.05) is 6.92 Å². The van der Waals surface area contributed by atoms with E-state index in [0.717, 1.165) is 12.8 Å². The number of ether oxygens (including phenoxy) is 1. The fourth-order valence-corrected chi connectivity index (χ4v) is 3.44. The number of Topliss-reactive ketones (excluding diaryl/α,β-unsaturated/α-hetero) is 1. The van der Waals surface area contributed by atoms with Gasteiger partial charge in [-0.1, -0.05) is 31.0 Å². The molecule has 5 heteroatoms. The minimum absolute atomic E-state index is 0.0534. The molecule has 2 aliphatic heterocycles. The number of benzene rings is 1. The van der Waals surface area contributed by atoms with Crippen molar-refractivity contribution < 1.29 is 14.3 Å². The zero-order valence-electron chi connectivity index (χ0n) is 11.2. The van der Waals surface area contributed by atoms with Crippen molar-refractivity contribution >= 4 is 29.0 Å². The van der Waals surface area contributed by atoms with E-state index in [1.165, 1.54) is 0 Å². The molecule has 106 valence electrons. The Bertz CT molecular complexity index is 586. The Morgan fingerprint density at radius 1 is 1.45 bits per heavy atom. The molecular formula is C15H16ClNO3. The van der Waals surface area contributed by atoms with Crippen molar-refractivity contribution in [1.29, 1.82) is 0 Å². The van der Waals surface area contributed by atoms with Gasteiger partial charge in [-0.2, -0.15) is 0 Å². The minimum atomic E-state index is -1.23. The van der Waals surface area contributed by atoms with Gasteiger partial charge in [0.2, 0.25) is 0 Å². The van der Waals surface area contributed by atoms with Gasteiger partial charge >= 0.3 is 0 Å². The maximum absolute atomic E-state index is 12.4. The molecule has 2 atom stereocenters. The van der Waals surface area contributed by atoms with Crippen LogP contribution in [0.2, 0.25) is 5.02 Å². The molecule has 1 amide bonds. The van der Waals surface area contributed by atoms with Crippen LogP contribution < -0.4 is 5.32 Å². The summed E-state index contributed by atoms with van der Waals surface area (Å²) in [4.78, 5) is 24.5. The van der Waals surface area contributed by atoms with Gasteiger partial charge in [-0.15, -0.1) is 0 Å². The first-order chi connectivity index (χ1) is 9.56. The number of rotatable bonds is 2. The number of amides is 1. The van der Waals surface area contributed by atoms with Crippen molar-refractivity contribution in [3.63, 3.8) is 0 Å². The zero-order valence-corrected chi connectivity index (χ0v) is 12.0. The van der Waals surface area contributed by atoms with Crippen LogP contribution in [0, 0.1) is 0 Å². The first kappa shape index (κ1) is 13.6. The molecule has 1 aromatic carbocycles. The normalized spacial score (nSPS) is 28.6. The first-order valence-electron chi connectivity index (χ1n) is 6.87. The molecule has 2 heterocycles. The molecule has 1 spiro atoms. The number of fused-ring (bicyclic) bond motifs is 2. The van der Waals surface area contributed by atoms with Gasteiger partial charge in [-0.05, 0) is 18.6 Å². The molecule has 1 fully saturated rings. The zero-order chi connectivity index (χ0) is 14.3. The lowest BCUT2D eigenvalue weighted by atomic mass is 9.84. The summed E-state index contributed by atoms with van der Waals surface area (Å²) in [6, 6.07) is 5.28. The Morgan fingerprint density at radius 3 is 3.00 bits per heavy atom. The molecule has 4 nitrogen and oxygen atoms in total. The SMILES string of the molecule is CCC[C@H]1CC(=O)C[C@@]2(O1)C(=O)Nc1cccc(Cl)c12. The van der Waals surface area contributed by atoms with Gasteiger partial charge in [-0.3, -0.25) is 9.59 Å². The Kier molecular flexibility index (Phi) is 3.30. The van der Waals surface area contributed by atoms with Crippen LogP contribution in [0.5, 0.6) is 0 Å². The van der Waals surface area contributed by atoms with Gasteiger partial charge in [0.1, 0.15) is 5.78 Å². The summed E-state index contributed by atoms with van der Waals surface area (Å²) < 4.78 is 6.05. The molecule has 2 aliphatic rings. The van der Waals surface area contributed by atoms with Crippen molar-refractivity contribution in [2.24, 2.45) is 0 Å². The average Bonchev–Trinajstić information content (AvgIpc) is 2.63. The molecule has 0 aromatic heterocycles. The van der Waals surface area contributed by atoms with E-state index in [0.29, 0.717) is 22.7 Å². The summed E-state index contributed by atoms with van der Waals surface area (Å²) in [5.41, 5.74) is 0.0244. The van der Waals surface area contributed by atoms with Gasteiger partial charge in [0.25, 0.3) is 5.91 Å². The molecule has 1 aromatic rings. The predicted molar refractivity (Wildman–Crippen MR) is 75.8 cm³/mol. The Labute approximate surface area is 122 Å². The van der Waals surface area contributed by atoms with Crippen LogP contribution in [0.25, 0.3) is 0 Å². The number of carbonyl (C=O) groups excluding carboxylic acids is 2. The highest BCUT2D eigenvalue weighted by Gasteiger charge is 2.54. The summed E-state index contributed by atoms with van der Waals surface area (Å²) in [5.74, 6) is -0.229. The number of halogens is 1. The van der Waals surface area contributed by atoms with Gasteiger partial charge in [0, 0.05) is 29.1 Å². The van der Waals surface area contributed by atoms with Crippen LogP contribution in [0.3, 0.4) is 0 Å². The lowest BCUT2D eigenvalue weighted by Crippen LogP contribution is -2.47. The standard InChI is InChI=1S/C15H16ClNO3/c1-2-4-10-7-9(18)8-15(20-10)13-11(16)5-3-6-12(13)17-14(15)19/h3,5-6,10H,2,4,7-8H2,1H3,(H,17,19)/t10-,15-/m0/s1. The highest BCUT2D eigenvalue weighted by molar-refractivity contribution is 6.33. The highest BCUT2D eigenvalue weighted by Crippen LogP contribution is 2.48. The number of anilines is 1. The third-order valence-corrected chi connectivity index (χ3v) is 4.23. The van der Waals surface area contributed by atoms with Crippen molar-refractivity contribution in [1.82, 2.24) is 0 Å². The third-order valence-electron chi connectivity index (χ3n) is 3.91. The van der Waals surface area contributed by atoms with Crippen LogP contribution >= 0.6 is 11.6 Å². The molecule has 0 radical (unpaired) electrons. The predicted octanol–water partition coefficient (Wildman–Crippen LogP) is 3.04. The molecule has 0 saturated carbocycles. The fourth-order valence-electron chi connectivity index (χ4n) is 3.11. The van der Waals surface area contributed by atoms with E-state index >= 15 is 0 Å². The van der Waals surface area contributed by atoms with Crippen LogP contribution in [0.1, 0.15) is 38.2 Å². The maximum atomic E-state index is 12.4. The Balaban J connectivity index is 2.07. The number of hydrogen-bond acceptors (Lipinski definition) is 3. The highest BCUT2D eigenvalue weighted by atomic mass is 35.5. The summed E-state index contributed by atoms with van der Waals surface area (Å²) in [5, 5.41) is 3.25. The summed E-state index contributed by atoms with van der Waals surface area (Å²) in [7, 11) is 0. The van der Waals surface area contributed by atoms with Crippen molar-refractivity contribution in [3.8, 4) is 0 Å². The third kappa shape index (κ3) is 1.95. The van der Waals surface area contributed by atoms with Crippen molar-refractivity contribution in [2.75, 3.05) is 5.32 Å². The summed E-state index contributed by atoms with van der Waals surface area (Å²) >= 11 is 6.25. The largest absolute Gasteiger partial charge is 0.356 e. The number of ketones is 1. The van der Waals surface area contributed by atoms with E-state index in [2.05, 4.69) is 5.32 Å². The first-order valence-corrected chi connectivity index (χ1v) is 7.24. The maximum Gasteiger partial charge on any atom is 0.261 e. The van der Waals surface area contributed by atoms with Crippen LogP contribution in [0.4, 0.5) is 5.69 Å². The summed E-state index contributed by atoms with van der Waals surface area (Å²) in [6.45, 7) is 2.03. The number of hydrogen-bond donors (Lipinski definition) is 1. The van der Waals surface area contributed by atoms with E-state index in [1.54, 1.807) is 18.2 Å². The molecular weight excluding hydrogens is 278 g/mol. The molecule has 20 heavy (non-hydrogen) atoms. The molecule has 0 aliphatic carbocycles.